The Balaban J connectivity index is 1.74. The Morgan fingerprint density at radius 2 is 2.00 bits per heavy atom. The van der Waals surface area contributed by atoms with E-state index in [9.17, 15) is 9.59 Å². The van der Waals surface area contributed by atoms with Crippen molar-refractivity contribution >= 4 is 49.1 Å². The summed E-state index contributed by atoms with van der Waals surface area (Å²) in [5, 5.41) is 11.2. The Labute approximate surface area is 190 Å². The first-order valence-electron chi connectivity index (χ1n) is 9.96. The van der Waals surface area contributed by atoms with Crippen LogP contribution < -0.4 is 10.2 Å². The topological polar surface area (TPSA) is 80.9 Å². The summed E-state index contributed by atoms with van der Waals surface area (Å²) in [6.45, 7) is 0. The summed E-state index contributed by atoms with van der Waals surface area (Å²) in [5.41, 5.74) is 3.37. The van der Waals surface area contributed by atoms with Crippen LogP contribution in [0.25, 0.3) is 27.2 Å². The maximum atomic E-state index is 13.5. The van der Waals surface area contributed by atoms with Crippen molar-refractivity contribution in [3.63, 3.8) is 0 Å². The van der Waals surface area contributed by atoms with E-state index in [4.69, 9.17) is 9.84 Å². The third-order valence-electron chi connectivity index (χ3n) is 5.36. The molecule has 5 rings (SSSR count). The SMILES string of the molecule is O=C(O)CC=COc1cc2c(=O)c(Cc3cccnc3)cn3c4ccc(Br)cc4c(c1)c23. The third-order valence-corrected chi connectivity index (χ3v) is 5.86. The van der Waals surface area contributed by atoms with Gasteiger partial charge in [0, 0.05) is 45.8 Å². The molecule has 2 aromatic carbocycles. The smallest absolute Gasteiger partial charge is 0.307 e. The number of benzene rings is 2. The van der Waals surface area contributed by atoms with Crippen LogP contribution in [-0.4, -0.2) is 20.5 Å². The van der Waals surface area contributed by atoms with Crippen LogP contribution in [0.4, 0.5) is 0 Å². The second-order valence-corrected chi connectivity index (χ2v) is 8.42. The van der Waals surface area contributed by atoms with E-state index in [1.54, 1.807) is 18.5 Å². The highest BCUT2D eigenvalue weighted by Gasteiger charge is 2.18. The van der Waals surface area contributed by atoms with Gasteiger partial charge in [-0.3, -0.25) is 14.6 Å². The van der Waals surface area contributed by atoms with Gasteiger partial charge in [0.2, 0.25) is 0 Å². The number of ether oxygens (including phenoxy) is 1. The molecule has 0 fully saturated rings. The van der Waals surface area contributed by atoms with Crippen molar-refractivity contribution in [3.05, 3.63) is 99.2 Å². The largest absolute Gasteiger partial charge is 0.481 e. The summed E-state index contributed by atoms with van der Waals surface area (Å²) in [5.74, 6) is -0.465. The minimum absolute atomic E-state index is 0.0619. The first kappa shape index (κ1) is 20.2. The molecule has 0 unspecified atom stereocenters. The standard InChI is InChI=1S/C25H17BrN2O4/c26-17-5-6-22-19(10-17)20-11-18(32-8-2-4-23(29)30)12-21-24(20)28(22)14-16(25(21)31)9-15-3-1-7-27-13-15/h1-3,5-8,10-14H,4,9H2,(H,29,30). The van der Waals surface area contributed by atoms with Crippen LogP contribution in [0.5, 0.6) is 5.75 Å². The highest BCUT2D eigenvalue weighted by atomic mass is 79.9. The monoisotopic (exact) mass is 488 g/mol. The fourth-order valence-corrected chi connectivity index (χ4v) is 4.38. The lowest BCUT2D eigenvalue weighted by Gasteiger charge is -2.08. The molecule has 0 radical (unpaired) electrons. The molecule has 0 saturated carbocycles. The summed E-state index contributed by atoms with van der Waals surface area (Å²) in [6, 6.07) is 13.4. The van der Waals surface area contributed by atoms with Crippen LogP contribution in [-0.2, 0) is 11.2 Å². The number of aliphatic carboxylic acids is 1. The van der Waals surface area contributed by atoms with Crippen LogP contribution in [0.1, 0.15) is 17.5 Å². The van der Waals surface area contributed by atoms with E-state index in [0.717, 1.165) is 31.8 Å². The molecule has 158 valence electrons. The predicted octanol–water partition coefficient (Wildman–Crippen LogP) is 5.16. The van der Waals surface area contributed by atoms with E-state index in [2.05, 4.69) is 25.3 Å². The molecule has 0 aliphatic rings. The summed E-state index contributed by atoms with van der Waals surface area (Å²) in [6.07, 6.45) is 8.47. The fraction of sp³-hybridized carbons (Fsp3) is 0.0800. The van der Waals surface area contributed by atoms with Gasteiger partial charge in [-0.2, -0.15) is 0 Å². The molecular formula is C25H17BrN2O4. The van der Waals surface area contributed by atoms with Gasteiger partial charge in [0.1, 0.15) is 5.75 Å². The quantitative estimate of drug-likeness (QED) is 0.334. The van der Waals surface area contributed by atoms with Crippen molar-refractivity contribution in [1.29, 1.82) is 0 Å². The number of fused-ring (bicyclic) bond motifs is 3. The van der Waals surface area contributed by atoms with Crippen LogP contribution in [0.15, 0.2) is 82.7 Å². The van der Waals surface area contributed by atoms with Crippen LogP contribution in [0.3, 0.4) is 0 Å². The third kappa shape index (κ3) is 3.61. The zero-order valence-corrected chi connectivity index (χ0v) is 18.4. The highest BCUT2D eigenvalue weighted by Crippen LogP contribution is 2.35. The molecule has 5 aromatic rings. The van der Waals surface area contributed by atoms with Crippen molar-refractivity contribution in [1.82, 2.24) is 9.38 Å². The molecule has 0 aliphatic carbocycles. The Morgan fingerprint density at radius 3 is 2.78 bits per heavy atom. The number of pyridine rings is 2. The molecule has 0 bridgehead atoms. The summed E-state index contributed by atoms with van der Waals surface area (Å²) < 4.78 is 8.67. The summed E-state index contributed by atoms with van der Waals surface area (Å²) in [7, 11) is 0. The zero-order valence-electron chi connectivity index (χ0n) is 16.8. The van der Waals surface area contributed by atoms with Crippen molar-refractivity contribution in [2.24, 2.45) is 0 Å². The number of carboxylic acids is 1. The molecule has 0 amide bonds. The molecule has 1 N–H and O–H groups in total. The van der Waals surface area contributed by atoms with Crippen molar-refractivity contribution < 1.29 is 14.6 Å². The number of carbonyl (C=O) groups is 1. The van der Waals surface area contributed by atoms with Gasteiger partial charge in [-0.15, -0.1) is 0 Å². The molecule has 32 heavy (non-hydrogen) atoms. The number of rotatable bonds is 6. The molecule has 3 aromatic heterocycles. The molecular weight excluding hydrogens is 472 g/mol. The van der Waals surface area contributed by atoms with Crippen molar-refractivity contribution in [3.8, 4) is 5.75 Å². The number of hydrogen-bond donors (Lipinski definition) is 1. The normalized spacial score (nSPS) is 11.8. The maximum Gasteiger partial charge on any atom is 0.307 e. The van der Waals surface area contributed by atoms with Crippen molar-refractivity contribution in [2.45, 2.75) is 12.8 Å². The maximum absolute atomic E-state index is 13.5. The number of carboxylic acid groups (broad SMARTS) is 1. The van der Waals surface area contributed by atoms with E-state index < -0.39 is 5.97 Å². The number of hydrogen-bond acceptors (Lipinski definition) is 4. The van der Waals surface area contributed by atoms with Crippen LogP contribution in [0.2, 0.25) is 0 Å². The summed E-state index contributed by atoms with van der Waals surface area (Å²) >= 11 is 3.54. The lowest BCUT2D eigenvalue weighted by atomic mass is 10.0. The fourth-order valence-electron chi connectivity index (χ4n) is 4.01. The Kier molecular flexibility index (Phi) is 5.11. The van der Waals surface area contributed by atoms with Gasteiger partial charge in [0.25, 0.3) is 0 Å². The van der Waals surface area contributed by atoms with Gasteiger partial charge in [0.05, 0.1) is 29.1 Å². The van der Waals surface area contributed by atoms with Crippen LogP contribution >= 0.6 is 15.9 Å². The van der Waals surface area contributed by atoms with Gasteiger partial charge >= 0.3 is 5.97 Å². The number of halogens is 1. The van der Waals surface area contributed by atoms with E-state index in [1.807, 2.05) is 42.6 Å². The highest BCUT2D eigenvalue weighted by molar-refractivity contribution is 9.10. The molecule has 6 nitrogen and oxygen atoms in total. The molecule has 3 heterocycles. The summed E-state index contributed by atoms with van der Waals surface area (Å²) in [4.78, 5) is 28.4. The molecule has 0 saturated heterocycles. The van der Waals surface area contributed by atoms with Gasteiger partial charge < -0.3 is 14.2 Å². The van der Waals surface area contributed by atoms with Gasteiger partial charge in [-0.1, -0.05) is 22.0 Å². The van der Waals surface area contributed by atoms with Gasteiger partial charge in [0.15, 0.2) is 5.43 Å². The van der Waals surface area contributed by atoms with Gasteiger partial charge in [-0.05, 0) is 48.0 Å². The predicted molar refractivity (Wildman–Crippen MR) is 127 cm³/mol. The molecule has 0 atom stereocenters. The Hall–Kier alpha value is -3.71. The lowest BCUT2D eigenvalue weighted by molar-refractivity contribution is -0.136. The first-order valence-corrected chi connectivity index (χ1v) is 10.8. The number of nitrogens with zero attached hydrogens (tertiary/aromatic N) is 2. The van der Waals surface area contributed by atoms with Gasteiger partial charge in [-0.25, -0.2) is 0 Å². The molecule has 0 spiro atoms. The first-order chi connectivity index (χ1) is 15.5. The lowest BCUT2D eigenvalue weighted by Crippen LogP contribution is -2.12. The van der Waals surface area contributed by atoms with E-state index in [-0.39, 0.29) is 11.8 Å². The number of aromatic nitrogens is 2. The molecule has 7 heteroatoms. The molecule has 0 aliphatic heterocycles. The second-order valence-electron chi connectivity index (χ2n) is 7.51. The average molecular weight is 489 g/mol. The van der Waals surface area contributed by atoms with E-state index in [0.29, 0.717) is 23.1 Å². The second kappa shape index (κ2) is 8.09. The minimum atomic E-state index is -0.941. The van der Waals surface area contributed by atoms with Crippen molar-refractivity contribution in [2.75, 3.05) is 0 Å². The van der Waals surface area contributed by atoms with E-state index in [1.165, 1.54) is 12.3 Å². The minimum Gasteiger partial charge on any atom is -0.481 e. The Bertz CT molecular complexity index is 1560. The van der Waals surface area contributed by atoms with Crippen LogP contribution in [0, 0.1) is 0 Å². The Morgan fingerprint density at radius 1 is 1.16 bits per heavy atom. The zero-order chi connectivity index (χ0) is 22.2. The van der Waals surface area contributed by atoms with E-state index >= 15 is 0 Å². The average Bonchev–Trinajstić information content (AvgIpc) is 3.08.